The van der Waals surface area contributed by atoms with E-state index in [2.05, 4.69) is 10.4 Å². The van der Waals surface area contributed by atoms with Crippen molar-refractivity contribution in [3.63, 3.8) is 0 Å². The number of nitro groups is 1. The van der Waals surface area contributed by atoms with Gasteiger partial charge in [-0.15, -0.1) is 0 Å². The van der Waals surface area contributed by atoms with Crippen LogP contribution in [0.1, 0.15) is 21.6 Å². The minimum Gasteiger partial charge on any atom is -0.476 e. The molecule has 10 heteroatoms. The molecule has 1 aromatic heterocycles. The minimum absolute atomic E-state index is 0.167. The number of carboxylic acids is 1. The normalized spacial score (nSPS) is 10.5. The number of benzene rings is 2. The van der Waals surface area contributed by atoms with Crippen LogP contribution in [0.4, 0.5) is 11.4 Å². The Morgan fingerprint density at radius 1 is 1.20 bits per heavy atom. The van der Waals surface area contributed by atoms with Gasteiger partial charge >= 0.3 is 5.97 Å². The van der Waals surface area contributed by atoms with E-state index in [0.717, 1.165) is 15.8 Å². The Morgan fingerprint density at radius 3 is 2.63 bits per heavy atom. The fourth-order valence-electron chi connectivity index (χ4n) is 2.68. The van der Waals surface area contributed by atoms with Gasteiger partial charge in [-0.3, -0.25) is 19.6 Å². The van der Waals surface area contributed by atoms with Gasteiger partial charge < -0.3 is 15.2 Å². The first-order valence-electron chi connectivity index (χ1n) is 8.82. The summed E-state index contributed by atoms with van der Waals surface area (Å²) in [5.74, 6) is -1.000. The zero-order valence-electron chi connectivity index (χ0n) is 16.2. The topological polar surface area (TPSA) is 137 Å². The molecule has 3 rings (SSSR count). The zero-order chi connectivity index (χ0) is 21.8. The molecule has 0 aliphatic heterocycles. The number of nitro benzene ring substituents is 1. The maximum Gasteiger partial charge on any atom is 0.356 e. The van der Waals surface area contributed by atoms with E-state index in [1.807, 2.05) is 32.0 Å². The molecule has 0 saturated heterocycles. The fourth-order valence-corrected chi connectivity index (χ4v) is 2.68. The van der Waals surface area contributed by atoms with E-state index in [1.165, 1.54) is 30.5 Å². The molecule has 10 nitrogen and oxygen atoms in total. The largest absolute Gasteiger partial charge is 0.476 e. The molecule has 30 heavy (non-hydrogen) atoms. The number of carbonyl (C=O) groups excluding carboxylic acids is 1. The molecule has 0 fully saturated rings. The summed E-state index contributed by atoms with van der Waals surface area (Å²) < 4.78 is 6.97. The number of nitrogens with zero attached hydrogens (tertiary/aromatic N) is 3. The highest BCUT2D eigenvalue weighted by atomic mass is 16.6. The van der Waals surface area contributed by atoms with Crippen LogP contribution in [-0.2, 0) is 11.3 Å². The van der Waals surface area contributed by atoms with E-state index in [4.69, 9.17) is 9.84 Å². The number of nitrogens with one attached hydrogen (secondary N) is 1. The van der Waals surface area contributed by atoms with E-state index in [0.29, 0.717) is 5.75 Å². The SMILES string of the molecule is Cc1ccc(C)c(Oc2cc(NC(=O)Cn3ccc(C(=O)O)n3)cc([N+](=O)[O-])c2)c1. The number of carboxylic acid groups (broad SMARTS) is 1. The lowest BCUT2D eigenvalue weighted by molar-refractivity contribution is -0.384. The van der Waals surface area contributed by atoms with Crippen molar-refractivity contribution in [3.8, 4) is 11.5 Å². The van der Waals surface area contributed by atoms with Gasteiger partial charge in [0.05, 0.1) is 16.7 Å². The number of carbonyl (C=O) groups is 2. The highest BCUT2D eigenvalue weighted by Crippen LogP contribution is 2.31. The average molecular weight is 410 g/mol. The standard InChI is InChI=1S/C20H18N4O6/c1-12-3-4-13(2)18(7-12)30-16-9-14(8-15(10-16)24(28)29)21-19(25)11-23-6-5-17(22-23)20(26)27/h3-10H,11H2,1-2H3,(H,21,25)(H,26,27). The van der Waals surface area contributed by atoms with E-state index in [9.17, 15) is 19.7 Å². The van der Waals surface area contributed by atoms with E-state index in [1.54, 1.807) is 0 Å². The first-order valence-corrected chi connectivity index (χ1v) is 8.82. The van der Waals surface area contributed by atoms with Crippen LogP contribution < -0.4 is 10.1 Å². The van der Waals surface area contributed by atoms with Crippen molar-refractivity contribution in [1.29, 1.82) is 0 Å². The Kier molecular flexibility index (Phi) is 5.77. The molecule has 0 radical (unpaired) electrons. The Bertz CT molecular complexity index is 1140. The third kappa shape index (κ3) is 4.98. The van der Waals surface area contributed by atoms with Gasteiger partial charge in [0, 0.05) is 18.3 Å². The maximum atomic E-state index is 12.3. The van der Waals surface area contributed by atoms with Crippen molar-refractivity contribution in [3.05, 3.63) is 75.6 Å². The Hall–Kier alpha value is -4.21. The van der Waals surface area contributed by atoms with Gasteiger partial charge in [0.1, 0.15) is 18.0 Å². The molecule has 0 atom stereocenters. The Morgan fingerprint density at radius 2 is 1.97 bits per heavy atom. The van der Waals surface area contributed by atoms with Gasteiger partial charge in [0.2, 0.25) is 5.91 Å². The first-order chi connectivity index (χ1) is 14.2. The third-order valence-corrected chi connectivity index (χ3v) is 4.12. The summed E-state index contributed by atoms with van der Waals surface area (Å²) in [6.07, 6.45) is 1.35. The van der Waals surface area contributed by atoms with Crippen molar-refractivity contribution in [2.45, 2.75) is 20.4 Å². The number of non-ortho nitro benzene ring substituents is 1. The summed E-state index contributed by atoms with van der Waals surface area (Å²) in [6, 6.07) is 10.8. The first kappa shape index (κ1) is 20.5. The molecule has 0 saturated carbocycles. The van der Waals surface area contributed by atoms with Crippen LogP contribution in [-0.4, -0.2) is 31.7 Å². The van der Waals surface area contributed by atoms with Crippen LogP contribution >= 0.6 is 0 Å². The molecule has 1 amide bonds. The quantitative estimate of drug-likeness (QED) is 0.449. The summed E-state index contributed by atoms with van der Waals surface area (Å²) in [5.41, 5.74) is 1.54. The van der Waals surface area contributed by atoms with Gasteiger partial charge in [-0.1, -0.05) is 12.1 Å². The van der Waals surface area contributed by atoms with Crippen LogP contribution in [0.2, 0.25) is 0 Å². The summed E-state index contributed by atoms with van der Waals surface area (Å²) in [7, 11) is 0. The second-order valence-corrected chi connectivity index (χ2v) is 6.60. The lowest BCUT2D eigenvalue weighted by atomic mass is 10.1. The molecule has 0 aliphatic rings. The van der Waals surface area contributed by atoms with Gasteiger partial charge in [0.15, 0.2) is 5.69 Å². The summed E-state index contributed by atoms with van der Waals surface area (Å²) >= 11 is 0. The van der Waals surface area contributed by atoms with Crippen molar-refractivity contribution < 1.29 is 24.4 Å². The smallest absolute Gasteiger partial charge is 0.356 e. The van der Waals surface area contributed by atoms with Gasteiger partial charge in [-0.25, -0.2) is 4.79 Å². The average Bonchev–Trinajstić information content (AvgIpc) is 3.13. The molecule has 3 aromatic rings. The predicted octanol–water partition coefficient (Wildman–Crippen LogP) is 3.54. The second-order valence-electron chi connectivity index (χ2n) is 6.60. The molecule has 154 valence electrons. The zero-order valence-corrected chi connectivity index (χ0v) is 16.2. The van der Waals surface area contributed by atoms with Crippen molar-refractivity contribution >= 4 is 23.3 Å². The van der Waals surface area contributed by atoms with E-state index in [-0.39, 0.29) is 29.4 Å². The molecule has 0 unspecified atom stereocenters. The highest BCUT2D eigenvalue weighted by Gasteiger charge is 2.15. The van der Waals surface area contributed by atoms with Crippen LogP contribution in [0.5, 0.6) is 11.5 Å². The van der Waals surface area contributed by atoms with Crippen molar-refractivity contribution in [1.82, 2.24) is 9.78 Å². The van der Waals surface area contributed by atoms with Crippen LogP contribution in [0.3, 0.4) is 0 Å². The molecule has 0 aliphatic carbocycles. The highest BCUT2D eigenvalue weighted by molar-refractivity contribution is 5.91. The van der Waals surface area contributed by atoms with E-state index >= 15 is 0 Å². The van der Waals surface area contributed by atoms with Crippen LogP contribution in [0.25, 0.3) is 0 Å². The monoisotopic (exact) mass is 410 g/mol. The summed E-state index contributed by atoms with van der Waals surface area (Å²) in [4.78, 5) is 33.9. The number of rotatable bonds is 7. The number of hydrogen-bond donors (Lipinski definition) is 2. The minimum atomic E-state index is -1.21. The lowest BCUT2D eigenvalue weighted by Crippen LogP contribution is -2.19. The molecule has 2 aromatic carbocycles. The molecule has 0 bridgehead atoms. The molecule has 1 heterocycles. The predicted molar refractivity (Wildman–Crippen MR) is 107 cm³/mol. The second kappa shape index (κ2) is 8.43. The number of aromatic carboxylic acids is 1. The number of ether oxygens (including phenoxy) is 1. The van der Waals surface area contributed by atoms with Crippen LogP contribution in [0.15, 0.2) is 48.7 Å². The molecular formula is C20H18N4O6. The molecular weight excluding hydrogens is 392 g/mol. The van der Waals surface area contributed by atoms with Crippen molar-refractivity contribution in [2.75, 3.05) is 5.32 Å². The van der Waals surface area contributed by atoms with Crippen molar-refractivity contribution in [2.24, 2.45) is 0 Å². The maximum absolute atomic E-state index is 12.3. The third-order valence-electron chi connectivity index (χ3n) is 4.12. The number of amides is 1. The number of aromatic nitrogens is 2. The van der Waals surface area contributed by atoms with Gasteiger partial charge in [-0.05, 0) is 37.1 Å². The molecule has 0 spiro atoms. The molecule has 2 N–H and O–H groups in total. The van der Waals surface area contributed by atoms with Gasteiger partial charge in [0.25, 0.3) is 5.69 Å². The number of aryl methyl sites for hydroxylation is 2. The summed E-state index contributed by atoms with van der Waals surface area (Å²) in [5, 5.41) is 26.5. The number of anilines is 1. The number of hydrogen-bond acceptors (Lipinski definition) is 6. The fraction of sp³-hybridized carbons (Fsp3) is 0.150. The summed E-state index contributed by atoms with van der Waals surface area (Å²) in [6.45, 7) is 3.49. The lowest BCUT2D eigenvalue weighted by Gasteiger charge is -2.12. The van der Waals surface area contributed by atoms with Crippen LogP contribution in [0, 0.1) is 24.0 Å². The Labute approximate surface area is 170 Å². The van der Waals surface area contributed by atoms with E-state index < -0.39 is 16.8 Å². The Balaban J connectivity index is 1.81. The van der Waals surface area contributed by atoms with Gasteiger partial charge in [-0.2, -0.15) is 5.10 Å².